The second-order valence-corrected chi connectivity index (χ2v) is 10.2. The number of hydrogen-bond acceptors (Lipinski definition) is 6. The van der Waals surface area contributed by atoms with Crippen LogP contribution in [-0.4, -0.2) is 28.1 Å². The second-order valence-electron chi connectivity index (χ2n) is 10.2. The minimum atomic E-state index is -0.635. The third kappa shape index (κ3) is 11.5. The zero-order valence-electron chi connectivity index (χ0n) is 22.6. The number of amides is 1. The van der Waals surface area contributed by atoms with Gasteiger partial charge in [-0.2, -0.15) is 4.57 Å². The topological polar surface area (TPSA) is 128 Å². The predicted molar refractivity (Wildman–Crippen MR) is 145 cm³/mol. The fourth-order valence-electron chi connectivity index (χ4n) is 3.92. The summed E-state index contributed by atoms with van der Waals surface area (Å²) in [5.41, 5.74) is 0.281. The summed E-state index contributed by atoms with van der Waals surface area (Å²) < 4.78 is 6.84. The van der Waals surface area contributed by atoms with Crippen molar-refractivity contribution < 1.29 is 23.9 Å². The van der Waals surface area contributed by atoms with Gasteiger partial charge in [0.15, 0.2) is 12.4 Å². The number of alkyl carbamates (subject to hydrolysis) is 1. The van der Waals surface area contributed by atoms with Crippen molar-refractivity contribution in [3.63, 3.8) is 0 Å². The van der Waals surface area contributed by atoms with Crippen molar-refractivity contribution in [2.45, 2.75) is 84.2 Å². The van der Waals surface area contributed by atoms with Gasteiger partial charge in [0.2, 0.25) is 0 Å². The molecule has 0 aliphatic heterocycles. The van der Waals surface area contributed by atoms with Crippen molar-refractivity contribution in [3.8, 4) is 5.69 Å². The Morgan fingerprint density at radius 1 is 0.974 bits per heavy atom. The van der Waals surface area contributed by atoms with Gasteiger partial charge in [-0.3, -0.25) is 20.2 Å². The molecule has 0 bridgehead atoms. The van der Waals surface area contributed by atoms with E-state index in [2.05, 4.69) is 17.5 Å². The maximum atomic E-state index is 11.6. The number of nitro benzene ring substituents is 2. The Balaban J connectivity index is 1.63. The maximum Gasteiger partial charge on any atom is 0.407 e. The zero-order chi connectivity index (χ0) is 28.0. The number of nitrogens with one attached hydrogen (secondary N) is 1. The van der Waals surface area contributed by atoms with E-state index in [1.165, 1.54) is 25.0 Å². The third-order valence-corrected chi connectivity index (χ3v) is 5.74. The summed E-state index contributed by atoms with van der Waals surface area (Å²) >= 11 is 0. The number of benzene rings is 1. The molecule has 10 nitrogen and oxygen atoms in total. The summed E-state index contributed by atoms with van der Waals surface area (Å²) in [5.74, 6) is 0. The van der Waals surface area contributed by atoms with Crippen molar-refractivity contribution in [1.82, 2.24) is 5.32 Å². The van der Waals surface area contributed by atoms with Gasteiger partial charge >= 0.3 is 11.8 Å². The first-order valence-electron chi connectivity index (χ1n) is 13.1. The summed E-state index contributed by atoms with van der Waals surface area (Å²) in [5, 5.41) is 25.2. The Morgan fingerprint density at radius 3 is 2.34 bits per heavy atom. The van der Waals surface area contributed by atoms with Crippen LogP contribution in [0.15, 0.2) is 54.9 Å². The largest absolute Gasteiger partial charge is 0.444 e. The number of allylic oxidation sites excluding steroid dienone is 1. The average Bonchev–Trinajstić information content (AvgIpc) is 2.85. The normalized spacial score (nSPS) is 11.4. The molecule has 38 heavy (non-hydrogen) atoms. The minimum Gasteiger partial charge on any atom is -0.444 e. The van der Waals surface area contributed by atoms with Crippen LogP contribution in [0, 0.1) is 20.2 Å². The van der Waals surface area contributed by atoms with E-state index in [-0.39, 0.29) is 17.5 Å². The number of non-ortho nitro benzene ring substituents is 1. The van der Waals surface area contributed by atoms with Gasteiger partial charge in [-0.25, -0.2) is 4.79 Å². The van der Waals surface area contributed by atoms with Gasteiger partial charge in [0.25, 0.3) is 11.4 Å². The number of rotatable bonds is 15. The molecule has 206 valence electrons. The second kappa shape index (κ2) is 15.4. The molecule has 1 amide bonds. The molecule has 0 spiro atoms. The van der Waals surface area contributed by atoms with Crippen LogP contribution in [0.4, 0.5) is 16.2 Å². The van der Waals surface area contributed by atoms with E-state index in [1.54, 1.807) is 10.8 Å². The highest BCUT2D eigenvalue weighted by atomic mass is 16.6. The third-order valence-electron chi connectivity index (χ3n) is 5.74. The average molecular weight is 528 g/mol. The highest BCUT2D eigenvalue weighted by Gasteiger charge is 2.26. The van der Waals surface area contributed by atoms with Crippen LogP contribution in [0.2, 0.25) is 0 Å². The first kappa shape index (κ1) is 30.4. The first-order chi connectivity index (χ1) is 18.1. The fraction of sp³-hybridized carbons (Fsp3) is 0.500. The Kier molecular flexibility index (Phi) is 12.4. The monoisotopic (exact) mass is 527 g/mol. The van der Waals surface area contributed by atoms with Gasteiger partial charge in [-0.05, 0) is 58.9 Å². The van der Waals surface area contributed by atoms with E-state index < -0.39 is 15.4 Å². The number of carbonyl (C=O) groups excluding carboxylic acids is 1. The van der Waals surface area contributed by atoms with E-state index in [9.17, 15) is 25.0 Å². The summed E-state index contributed by atoms with van der Waals surface area (Å²) in [6, 6.07) is 7.51. The molecule has 10 heteroatoms. The van der Waals surface area contributed by atoms with E-state index >= 15 is 0 Å². The molecule has 0 fully saturated rings. The standard InChI is InChI=1S/C28H38N4O6/c1-28(2,3)38-27(33)29-19-13-11-9-7-5-4-6-8-10-12-15-23-16-14-20-30(22-23)25-18-17-24(31(34)35)21-26(25)32(36)37/h9,11,14,16-18,20-22H,4-8,10,12-13,15,19H2,1-3H3/p+1/b11-9+. The van der Waals surface area contributed by atoms with Crippen LogP contribution in [0.1, 0.15) is 77.7 Å². The van der Waals surface area contributed by atoms with Gasteiger partial charge in [0.05, 0.1) is 9.85 Å². The van der Waals surface area contributed by atoms with E-state index in [0.717, 1.165) is 56.6 Å². The van der Waals surface area contributed by atoms with Crippen molar-refractivity contribution in [2.24, 2.45) is 0 Å². The van der Waals surface area contributed by atoms with E-state index in [4.69, 9.17) is 4.74 Å². The van der Waals surface area contributed by atoms with Crippen molar-refractivity contribution >= 4 is 17.5 Å². The smallest absolute Gasteiger partial charge is 0.407 e. The van der Waals surface area contributed by atoms with Gasteiger partial charge in [-0.15, -0.1) is 0 Å². The Hall–Kier alpha value is -3.82. The predicted octanol–water partition coefficient (Wildman–Crippen LogP) is 6.52. The van der Waals surface area contributed by atoms with Crippen LogP contribution < -0.4 is 9.88 Å². The van der Waals surface area contributed by atoms with Gasteiger partial charge < -0.3 is 10.1 Å². The summed E-state index contributed by atoms with van der Waals surface area (Å²) in [4.78, 5) is 32.8. The van der Waals surface area contributed by atoms with Crippen LogP contribution in [0.3, 0.4) is 0 Å². The van der Waals surface area contributed by atoms with Crippen LogP contribution in [0.25, 0.3) is 5.69 Å². The molecular formula is C28H39N4O6+. The number of ether oxygens (including phenoxy) is 1. The molecule has 0 aliphatic rings. The molecule has 0 saturated carbocycles. The van der Waals surface area contributed by atoms with Gasteiger partial charge in [-0.1, -0.05) is 37.8 Å². The first-order valence-corrected chi connectivity index (χ1v) is 13.1. The van der Waals surface area contributed by atoms with Crippen LogP contribution >= 0.6 is 0 Å². The van der Waals surface area contributed by atoms with Crippen molar-refractivity contribution in [1.29, 1.82) is 0 Å². The SMILES string of the molecule is CC(C)(C)OC(=O)NCC/C=C/CCCCCCCCc1ccc[n+](-c2ccc([N+](=O)[O-])cc2[N+](=O)[O-])c1. The highest BCUT2D eigenvalue weighted by molar-refractivity contribution is 5.67. The molecular weight excluding hydrogens is 488 g/mol. The summed E-state index contributed by atoms with van der Waals surface area (Å²) in [7, 11) is 0. The molecule has 1 aromatic carbocycles. The molecule has 0 aliphatic carbocycles. The van der Waals surface area contributed by atoms with Crippen LogP contribution in [-0.2, 0) is 11.2 Å². The number of carbonyl (C=O) groups is 1. The Bertz CT molecular complexity index is 1110. The van der Waals surface area contributed by atoms with E-state index in [0.29, 0.717) is 12.2 Å². The van der Waals surface area contributed by atoms with Crippen LogP contribution in [0.5, 0.6) is 0 Å². The molecule has 0 radical (unpaired) electrons. The summed E-state index contributed by atoms with van der Waals surface area (Å²) in [6.45, 7) is 6.09. The fourth-order valence-corrected chi connectivity index (χ4v) is 3.92. The molecule has 0 saturated heterocycles. The molecule has 1 aromatic heterocycles. The van der Waals surface area contributed by atoms with Crippen molar-refractivity contribution in [2.75, 3.05) is 6.54 Å². The number of aromatic nitrogens is 1. The lowest BCUT2D eigenvalue weighted by Gasteiger charge is -2.19. The maximum absolute atomic E-state index is 11.6. The minimum absolute atomic E-state index is 0.298. The van der Waals surface area contributed by atoms with Gasteiger partial charge in [0, 0.05) is 30.3 Å². The zero-order valence-corrected chi connectivity index (χ0v) is 22.6. The number of aryl methyl sites for hydroxylation is 1. The molecule has 1 N–H and O–H groups in total. The summed E-state index contributed by atoms with van der Waals surface area (Å²) in [6.07, 6.45) is 16.9. The molecule has 1 heterocycles. The van der Waals surface area contributed by atoms with Crippen molar-refractivity contribution in [3.05, 3.63) is 80.7 Å². The Labute approximate surface area is 224 Å². The molecule has 2 aromatic rings. The number of nitrogens with zero attached hydrogens (tertiary/aromatic N) is 3. The van der Waals surface area contributed by atoms with E-state index in [1.807, 2.05) is 39.1 Å². The highest BCUT2D eigenvalue weighted by Crippen LogP contribution is 2.24. The number of unbranched alkanes of at least 4 members (excludes halogenated alkanes) is 6. The Morgan fingerprint density at radius 2 is 1.66 bits per heavy atom. The lowest BCUT2D eigenvalue weighted by atomic mass is 10.1. The number of hydrogen-bond donors (Lipinski definition) is 1. The lowest BCUT2D eigenvalue weighted by Crippen LogP contribution is -2.32. The number of nitro groups is 2. The quantitative estimate of drug-likeness (QED) is 0.0922. The molecule has 2 rings (SSSR count). The number of pyridine rings is 1. The van der Waals surface area contributed by atoms with Gasteiger partial charge in [0.1, 0.15) is 11.7 Å². The molecule has 0 atom stereocenters. The lowest BCUT2D eigenvalue weighted by molar-refractivity contribution is -0.601. The molecule has 0 unspecified atom stereocenters.